The van der Waals surface area contributed by atoms with Gasteiger partial charge in [-0.1, -0.05) is 41.5 Å². The van der Waals surface area contributed by atoms with Gasteiger partial charge in [0.15, 0.2) is 0 Å². The molecule has 0 radical (unpaired) electrons. The largest absolute Gasteiger partial charge is 0.490 e. The van der Waals surface area contributed by atoms with Crippen LogP contribution in [0.5, 0.6) is 11.5 Å². The first kappa shape index (κ1) is 43.9. The number of hydrogen-bond donors (Lipinski definition) is 1. The van der Waals surface area contributed by atoms with Crippen LogP contribution in [0.25, 0.3) is 0 Å². The van der Waals surface area contributed by atoms with Crippen molar-refractivity contribution in [1.82, 2.24) is 10.2 Å². The minimum Gasteiger partial charge on any atom is -0.490 e. The molecule has 0 unspecified atom stereocenters. The molecule has 2 aliphatic heterocycles. The van der Waals surface area contributed by atoms with E-state index in [1.54, 1.807) is 4.90 Å². The molecule has 0 atom stereocenters. The maximum absolute atomic E-state index is 12.2. The minimum atomic E-state index is -0.448. The third-order valence-electron chi connectivity index (χ3n) is 11.9. The van der Waals surface area contributed by atoms with Gasteiger partial charge in [0.1, 0.15) is 17.1 Å². The van der Waals surface area contributed by atoms with E-state index in [2.05, 4.69) is 105 Å². The van der Waals surface area contributed by atoms with Crippen LogP contribution in [0.4, 0.5) is 16.2 Å². The van der Waals surface area contributed by atoms with Crippen LogP contribution in [-0.2, 0) is 4.74 Å². The zero-order chi connectivity index (χ0) is 38.2. The molecule has 6 rings (SSSR count). The van der Waals surface area contributed by atoms with E-state index in [4.69, 9.17) is 14.2 Å². The number of hydrogen-bond acceptors (Lipinski definition) is 7. The minimum absolute atomic E-state index is 0. The van der Waals surface area contributed by atoms with Gasteiger partial charge in [0.05, 0.1) is 12.2 Å². The number of ether oxygens (including phenoxy) is 3. The number of nitrogens with zero attached hydrogens (tertiary/aromatic N) is 3. The van der Waals surface area contributed by atoms with Crippen molar-refractivity contribution in [2.45, 2.75) is 131 Å². The van der Waals surface area contributed by atoms with Crippen molar-refractivity contribution in [3.05, 3.63) is 48.5 Å². The molecule has 8 nitrogen and oxygen atoms in total. The standard InChI is InChI=1S/C25H40N2O3.C20H32N2O.ClH/c1-24(2,3)19-7-11-21(12-8-19)29-22-13-9-20(10-14-22)26-15-17-27(18-16-26)23(28)30-25(4,5)6;1-20(2,3)16-4-8-18(9-5-16)23-19-10-6-17(7-11-19)22-14-12-21-13-15-22;/h9-10,13-14,19,21H,7-8,11-12,15-18H2,1-6H3;6-7,10-11,16,18,21H,4-5,8-9,12-15H2,1-3H3;1H. The van der Waals surface area contributed by atoms with Gasteiger partial charge in [0, 0.05) is 63.7 Å². The summed E-state index contributed by atoms with van der Waals surface area (Å²) >= 11 is 0. The van der Waals surface area contributed by atoms with E-state index in [-0.39, 0.29) is 18.5 Å². The molecule has 2 heterocycles. The number of anilines is 2. The molecule has 304 valence electrons. The lowest BCUT2D eigenvalue weighted by molar-refractivity contribution is 0.0240. The number of carbonyl (C=O) groups is 1. The summed E-state index contributed by atoms with van der Waals surface area (Å²) in [6, 6.07) is 17.2. The highest BCUT2D eigenvalue weighted by Gasteiger charge is 2.32. The lowest BCUT2D eigenvalue weighted by atomic mass is 9.72. The maximum Gasteiger partial charge on any atom is 0.410 e. The number of halogens is 1. The number of piperazine rings is 2. The van der Waals surface area contributed by atoms with Gasteiger partial charge in [0.25, 0.3) is 0 Å². The fourth-order valence-corrected chi connectivity index (χ4v) is 8.35. The number of amides is 1. The first-order valence-electron chi connectivity index (χ1n) is 20.8. The number of rotatable bonds is 6. The van der Waals surface area contributed by atoms with E-state index in [0.29, 0.717) is 36.1 Å². The second-order valence-electron chi connectivity index (χ2n) is 19.1. The van der Waals surface area contributed by atoms with Gasteiger partial charge in [-0.25, -0.2) is 4.79 Å². The van der Waals surface area contributed by atoms with Crippen molar-refractivity contribution in [1.29, 1.82) is 0 Å². The van der Waals surface area contributed by atoms with Crippen LogP contribution in [0.3, 0.4) is 0 Å². The fraction of sp³-hybridized carbons (Fsp3) is 0.711. The predicted octanol–water partition coefficient (Wildman–Crippen LogP) is 10.2. The zero-order valence-electron chi connectivity index (χ0n) is 35.1. The Morgan fingerprint density at radius 3 is 1.28 bits per heavy atom. The normalized spacial score (nSPS) is 24.1. The number of carbonyl (C=O) groups excluding carboxylic acids is 1. The smallest absolute Gasteiger partial charge is 0.410 e. The van der Waals surface area contributed by atoms with E-state index >= 15 is 0 Å². The molecule has 4 aliphatic rings. The quantitative estimate of drug-likeness (QED) is 0.314. The summed E-state index contributed by atoms with van der Waals surface area (Å²) in [4.78, 5) is 18.8. The Bertz CT molecular complexity index is 1390. The highest BCUT2D eigenvalue weighted by molar-refractivity contribution is 5.85. The van der Waals surface area contributed by atoms with Crippen LogP contribution >= 0.6 is 12.4 Å². The van der Waals surface area contributed by atoms with Crippen molar-refractivity contribution in [3.8, 4) is 11.5 Å². The molecule has 2 aromatic rings. The number of nitrogens with one attached hydrogen (secondary N) is 1. The Morgan fingerprint density at radius 2 is 0.926 bits per heavy atom. The topological polar surface area (TPSA) is 66.5 Å². The summed E-state index contributed by atoms with van der Waals surface area (Å²) in [5.74, 6) is 3.64. The van der Waals surface area contributed by atoms with Crippen LogP contribution in [0.1, 0.15) is 114 Å². The van der Waals surface area contributed by atoms with E-state index in [1.807, 2.05) is 20.8 Å². The number of benzene rings is 2. The average Bonchev–Trinajstić information content (AvgIpc) is 3.12. The van der Waals surface area contributed by atoms with Gasteiger partial charge in [0.2, 0.25) is 0 Å². The second-order valence-corrected chi connectivity index (χ2v) is 19.1. The summed E-state index contributed by atoms with van der Waals surface area (Å²) in [5.41, 5.74) is 2.89. The monoisotopic (exact) mass is 769 g/mol. The molecule has 0 spiro atoms. The highest BCUT2D eigenvalue weighted by atomic mass is 35.5. The Kier molecular flexibility index (Phi) is 15.7. The van der Waals surface area contributed by atoms with Crippen LogP contribution < -0.4 is 24.6 Å². The molecule has 4 fully saturated rings. The molecule has 1 N–H and O–H groups in total. The summed E-state index contributed by atoms with van der Waals surface area (Å²) in [6.45, 7) is 27.2. The lowest BCUT2D eigenvalue weighted by Crippen LogP contribution is -2.50. The molecule has 0 bridgehead atoms. The molecule has 1 amide bonds. The van der Waals surface area contributed by atoms with Gasteiger partial charge in [-0.3, -0.25) is 0 Å². The lowest BCUT2D eigenvalue weighted by Gasteiger charge is -2.37. The molecule has 2 saturated carbocycles. The second kappa shape index (κ2) is 19.3. The average molecular weight is 770 g/mol. The van der Waals surface area contributed by atoms with Crippen LogP contribution in [0, 0.1) is 22.7 Å². The molecule has 0 aromatic heterocycles. The Labute approximate surface area is 334 Å². The predicted molar refractivity (Wildman–Crippen MR) is 227 cm³/mol. The van der Waals surface area contributed by atoms with Crippen molar-refractivity contribution < 1.29 is 19.0 Å². The first-order chi connectivity index (χ1) is 25.0. The van der Waals surface area contributed by atoms with Crippen molar-refractivity contribution in [3.63, 3.8) is 0 Å². The third-order valence-corrected chi connectivity index (χ3v) is 11.9. The van der Waals surface area contributed by atoms with E-state index in [1.165, 1.54) is 49.9 Å². The summed E-state index contributed by atoms with van der Waals surface area (Å²) in [5, 5.41) is 3.40. The summed E-state index contributed by atoms with van der Waals surface area (Å²) in [7, 11) is 0. The fourth-order valence-electron chi connectivity index (χ4n) is 8.35. The third kappa shape index (κ3) is 13.4. The Balaban J connectivity index is 0.000000244. The molecule has 2 aliphatic carbocycles. The van der Waals surface area contributed by atoms with Crippen LogP contribution in [-0.4, -0.2) is 81.2 Å². The molecule has 9 heteroatoms. The molecule has 2 saturated heterocycles. The van der Waals surface area contributed by atoms with Gasteiger partial charge in [-0.2, -0.15) is 0 Å². The van der Waals surface area contributed by atoms with Crippen LogP contribution in [0.15, 0.2) is 48.5 Å². The SMILES string of the molecule is CC(C)(C)C1CCC(Oc2ccc(N3CCNCC3)cc2)CC1.CC(C)(C)OC(=O)N1CCN(c2ccc(OC3CCC(C(C)(C)C)CC3)cc2)CC1.Cl. The zero-order valence-corrected chi connectivity index (χ0v) is 35.9. The van der Waals surface area contributed by atoms with Gasteiger partial charge in [-0.15, -0.1) is 12.4 Å². The van der Waals surface area contributed by atoms with E-state index in [0.717, 1.165) is 75.4 Å². The molecular formula is C45H73ClN4O4. The Morgan fingerprint density at radius 1 is 0.556 bits per heavy atom. The summed E-state index contributed by atoms with van der Waals surface area (Å²) in [6.07, 6.45) is 10.3. The van der Waals surface area contributed by atoms with E-state index < -0.39 is 5.60 Å². The molecule has 54 heavy (non-hydrogen) atoms. The van der Waals surface area contributed by atoms with Crippen molar-refractivity contribution >= 4 is 29.9 Å². The van der Waals surface area contributed by atoms with Gasteiger partial charge in [-0.05, 0) is 143 Å². The van der Waals surface area contributed by atoms with Crippen molar-refractivity contribution in [2.75, 3.05) is 62.2 Å². The van der Waals surface area contributed by atoms with E-state index in [9.17, 15) is 4.79 Å². The van der Waals surface area contributed by atoms with Crippen molar-refractivity contribution in [2.24, 2.45) is 22.7 Å². The molecular weight excluding hydrogens is 696 g/mol. The van der Waals surface area contributed by atoms with Gasteiger partial charge < -0.3 is 34.2 Å². The first-order valence-corrected chi connectivity index (χ1v) is 20.8. The maximum atomic E-state index is 12.2. The molecule has 2 aromatic carbocycles. The van der Waals surface area contributed by atoms with Gasteiger partial charge >= 0.3 is 6.09 Å². The summed E-state index contributed by atoms with van der Waals surface area (Å²) < 4.78 is 18.0. The van der Waals surface area contributed by atoms with Crippen LogP contribution in [0.2, 0.25) is 0 Å². The highest BCUT2D eigenvalue weighted by Crippen LogP contribution is 2.40. The Hall–Kier alpha value is -2.84.